The van der Waals surface area contributed by atoms with E-state index in [2.05, 4.69) is 20.9 Å². The summed E-state index contributed by atoms with van der Waals surface area (Å²) in [6.45, 7) is 1.50. The van der Waals surface area contributed by atoms with Crippen LogP contribution in [0.25, 0.3) is 0 Å². The van der Waals surface area contributed by atoms with Crippen molar-refractivity contribution in [2.75, 3.05) is 6.54 Å². The number of amides is 4. The molecule has 1 rings (SSSR count). The fourth-order valence-corrected chi connectivity index (χ4v) is 3.31. The van der Waals surface area contributed by atoms with Crippen LogP contribution in [0.5, 0.6) is 0 Å². The average Bonchev–Trinajstić information content (AvgIpc) is 2.83. The summed E-state index contributed by atoms with van der Waals surface area (Å²) >= 11 is 0. The number of hydrogen-bond donors (Lipinski definition) is 9. The Labute approximate surface area is 219 Å². The predicted molar refractivity (Wildman–Crippen MR) is 137 cm³/mol. The Bertz CT molecular complexity index is 999. The van der Waals surface area contributed by atoms with Gasteiger partial charge in [0.25, 0.3) is 0 Å². The highest BCUT2D eigenvalue weighted by molar-refractivity contribution is 5.95. The molecule has 1 aromatic rings. The number of carbonyl (C=O) groups is 5. The Balaban J connectivity index is 3.01. The molecule has 4 amide bonds. The van der Waals surface area contributed by atoms with Gasteiger partial charge in [0.1, 0.15) is 18.1 Å². The molecule has 5 unspecified atom stereocenters. The molecule has 5 atom stereocenters. The second kappa shape index (κ2) is 15.8. The maximum absolute atomic E-state index is 13.0. The zero-order valence-corrected chi connectivity index (χ0v) is 21.0. The second-order valence-electron chi connectivity index (χ2n) is 8.60. The first-order valence-electron chi connectivity index (χ1n) is 11.8. The monoisotopic (exact) mass is 536 g/mol. The standard InChI is InChI=1S/C23H36N8O7/c1-12(32)18(31-19(34)14(24)8-5-9-28-23(26)27)21(36)29-15(10-13-6-3-2-4-7-13)20(35)30-16(22(37)38)11-17(25)33/h2-4,6-7,12,14-16,18,32H,5,8-11,24H2,1H3,(H2,25,33)(H,29,36)(H,30,35)(H,31,34)(H,37,38)(H4,26,27,28). The first-order chi connectivity index (χ1) is 17.8. The summed E-state index contributed by atoms with van der Waals surface area (Å²) in [5.74, 6) is -5.11. The van der Waals surface area contributed by atoms with Crippen molar-refractivity contribution in [2.45, 2.75) is 62.9 Å². The number of hydrogen-bond acceptors (Lipinski definition) is 8. The first-order valence-corrected chi connectivity index (χ1v) is 11.8. The van der Waals surface area contributed by atoms with Crippen molar-refractivity contribution >= 4 is 35.6 Å². The van der Waals surface area contributed by atoms with Crippen LogP contribution in [0.1, 0.15) is 31.7 Å². The number of guanidine groups is 1. The minimum atomic E-state index is -1.63. The van der Waals surface area contributed by atoms with Crippen LogP contribution in [-0.4, -0.2) is 82.6 Å². The Kier molecular flexibility index (Phi) is 13.2. The van der Waals surface area contributed by atoms with E-state index in [1.165, 1.54) is 6.92 Å². The van der Waals surface area contributed by atoms with Crippen molar-refractivity contribution in [1.29, 1.82) is 0 Å². The average molecular weight is 537 g/mol. The number of nitrogens with one attached hydrogen (secondary N) is 3. The summed E-state index contributed by atoms with van der Waals surface area (Å²) in [5, 5.41) is 26.5. The van der Waals surface area contributed by atoms with Gasteiger partial charge in [-0.1, -0.05) is 30.3 Å². The number of aliphatic hydroxyl groups excluding tert-OH is 1. The molecule has 15 nitrogen and oxygen atoms in total. The van der Waals surface area contributed by atoms with Gasteiger partial charge < -0.3 is 49.1 Å². The molecule has 0 saturated carbocycles. The zero-order valence-electron chi connectivity index (χ0n) is 21.0. The first kappa shape index (κ1) is 31.8. The number of nitrogens with zero attached hydrogens (tertiary/aromatic N) is 1. The smallest absolute Gasteiger partial charge is 0.326 e. The molecule has 0 aliphatic rings. The molecule has 15 heteroatoms. The molecular weight excluding hydrogens is 500 g/mol. The third kappa shape index (κ3) is 11.7. The summed E-state index contributed by atoms with van der Waals surface area (Å²) < 4.78 is 0. The Morgan fingerprint density at radius 2 is 1.53 bits per heavy atom. The van der Waals surface area contributed by atoms with Gasteiger partial charge in [-0.3, -0.25) is 24.2 Å². The molecule has 0 aliphatic heterocycles. The SMILES string of the molecule is CC(O)C(NC(=O)C(N)CCCN=C(N)N)C(=O)NC(Cc1ccccc1)C(=O)NC(CC(N)=O)C(=O)O. The maximum atomic E-state index is 13.0. The number of carboxylic acids is 1. The van der Waals surface area contributed by atoms with Crippen LogP contribution in [-0.2, 0) is 30.4 Å². The summed E-state index contributed by atoms with van der Waals surface area (Å²) in [7, 11) is 0. The normalized spacial score (nSPS) is 14.6. The van der Waals surface area contributed by atoms with Gasteiger partial charge in [0.15, 0.2) is 5.96 Å². The number of rotatable bonds is 16. The lowest BCUT2D eigenvalue weighted by molar-refractivity contribution is -0.143. The van der Waals surface area contributed by atoms with Crippen LogP contribution < -0.4 is 38.9 Å². The molecule has 0 aromatic heterocycles. The van der Waals surface area contributed by atoms with E-state index in [0.717, 1.165) is 0 Å². The fraction of sp³-hybridized carbons (Fsp3) is 0.478. The third-order valence-electron chi connectivity index (χ3n) is 5.30. The number of benzene rings is 1. The highest BCUT2D eigenvalue weighted by Gasteiger charge is 2.32. The molecular formula is C23H36N8O7. The van der Waals surface area contributed by atoms with Gasteiger partial charge in [0.05, 0.1) is 18.6 Å². The van der Waals surface area contributed by atoms with E-state index in [0.29, 0.717) is 12.0 Å². The Morgan fingerprint density at radius 3 is 2.05 bits per heavy atom. The van der Waals surface area contributed by atoms with Crippen LogP contribution in [0, 0.1) is 0 Å². The second-order valence-corrected chi connectivity index (χ2v) is 8.60. The van der Waals surface area contributed by atoms with E-state index in [4.69, 9.17) is 22.9 Å². The Hall–Kier alpha value is -4.24. The highest BCUT2D eigenvalue weighted by Crippen LogP contribution is 2.07. The van der Waals surface area contributed by atoms with Crippen LogP contribution in [0.4, 0.5) is 0 Å². The number of aliphatic hydroxyl groups is 1. The van der Waals surface area contributed by atoms with Gasteiger partial charge in [-0.2, -0.15) is 0 Å². The highest BCUT2D eigenvalue weighted by atomic mass is 16.4. The number of nitrogens with two attached hydrogens (primary N) is 4. The van der Waals surface area contributed by atoms with Crippen LogP contribution in [0.2, 0.25) is 0 Å². The lowest BCUT2D eigenvalue weighted by atomic mass is 10.0. The predicted octanol–water partition coefficient (Wildman–Crippen LogP) is -3.59. The molecule has 0 saturated heterocycles. The van der Waals surface area contributed by atoms with Crippen LogP contribution >= 0.6 is 0 Å². The van der Waals surface area contributed by atoms with E-state index >= 15 is 0 Å². The summed E-state index contributed by atoms with van der Waals surface area (Å²) in [6.07, 6.45) is -1.54. The molecule has 0 heterocycles. The van der Waals surface area contributed by atoms with E-state index in [9.17, 15) is 34.2 Å². The van der Waals surface area contributed by atoms with Crippen molar-refractivity contribution < 1.29 is 34.2 Å². The Morgan fingerprint density at radius 1 is 0.921 bits per heavy atom. The largest absolute Gasteiger partial charge is 0.480 e. The third-order valence-corrected chi connectivity index (χ3v) is 5.30. The quantitative estimate of drug-likeness (QED) is 0.0568. The minimum Gasteiger partial charge on any atom is -0.480 e. The van der Waals surface area contributed by atoms with E-state index in [-0.39, 0.29) is 25.3 Å². The minimum absolute atomic E-state index is 0.0634. The van der Waals surface area contributed by atoms with Crippen molar-refractivity contribution in [3.8, 4) is 0 Å². The number of carboxylic acid groups (broad SMARTS) is 1. The number of aliphatic carboxylic acids is 1. The van der Waals surface area contributed by atoms with Crippen molar-refractivity contribution in [3.63, 3.8) is 0 Å². The van der Waals surface area contributed by atoms with Gasteiger partial charge in [0.2, 0.25) is 23.6 Å². The van der Waals surface area contributed by atoms with E-state index < -0.39 is 66.3 Å². The number of carbonyl (C=O) groups excluding carboxylic acids is 4. The molecule has 1 aromatic carbocycles. The van der Waals surface area contributed by atoms with E-state index in [1.807, 2.05) is 0 Å². The maximum Gasteiger partial charge on any atom is 0.326 e. The molecule has 0 aliphatic carbocycles. The van der Waals surface area contributed by atoms with Crippen molar-refractivity contribution in [3.05, 3.63) is 35.9 Å². The van der Waals surface area contributed by atoms with Crippen molar-refractivity contribution in [1.82, 2.24) is 16.0 Å². The zero-order chi connectivity index (χ0) is 28.8. The van der Waals surface area contributed by atoms with Crippen LogP contribution in [0.15, 0.2) is 35.3 Å². The fourth-order valence-electron chi connectivity index (χ4n) is 3.31. The van der Waals surface area contributed by atoms with Gasteiger partial charge in [0, 0.05) is 13.0 Å². The molecule has 38 heavy (non-hydrogen) atoms. The molecule has 0 spiro atoms. The molecule has 0 bridgehead atoms. The number of primary amides is 1. The topological polar surface area (TPSA) is 278 Å². The lowest BCUT2D eigenvalue weighted by Crippen LogP contribution is -2.60. The van der Waals surface area contributed by atoms with Crippen LogP contribution in [0.3, 0.4) is 0 Å². The number of aliphatic imine (C=N–C) groups is 1. The lowest BCUT2D eigenvalue weighted by Gasteiger charge is -2.26. The summed E-state index contributed by atoms with van der Waals surface area (Å²) in [5.41, 5.74) is 22.0. The molecule has 13 N–H and O–H groups in total. The van der Waals surface area contributed by atoms with Gasteiger partial charge in [-0.25, -0.2) is 4.79 Å². The van der Waals surface area contributed by atoms with Gasteiger partial charge in [-0.05, 0) is 25.3 Å². The van der Waals surface area contributed by atoms with Gasteiger partial charge >= 0.3 is 5.97 Å². The van der Waals surface area contributed by atoms with E-state index in [1.54, 1.807) is 30.3 Å². The molecule has 0 fully saturated rings. The summed E-state index contributed by atoms with van der Waals surface area (Å²) in [4.78, 5) is 65.0. The van der Waals surface area contributed by atoms with Crippen molar-refractivity contribution in [2.24, 2.45) is 27.9 Å². The summed E-state index contributed by atoms with van der Waals surface area (Å²) in [6, 6.07) is 3.03. The molecule has 210 valence electrons. The van der Waals surface area contributed by atoms with Gasteiger partial charge in [-0.15, -0.1) is 0 Å². The molecule has 0 radical (unpaired) electrons.